The highest BCUT2D eigenvalue weighted by atomic mass is 127. The normalized spacial score (nSPS) is 17.8. The number of benzene rings is 1. The van der Waals surface area contributed by atoms with Crippen LogP contribution in [-0.4, -0.2) is 18.5 Å². The topological polar surface area (TPSA) is 3.24 Å². The van der Waals surface area contributed by atoms with Crippen LogP contribution >= 0.6 is 35.0 Å². The van der Waals surface area contributed by atoms with E-state index in [1.54, 1.807) is 0 Å². The van der Waals surface area contributed by atoms with E-state index >= 15 is 0 Å². The molecule has 2 rings (SSSR count). The lowest BCUT2D eigenvalue weighted by Crippen LogP contribution is -2.48. The highest BCUT2D eigenvalue weighted by Gasteiger charge is 2.41. The highest BCUT2D eigenvalue weighted by Crippen LogP contribution is 2.45. The van der Waals surface area contributed by atoms with Crippen LogP contribution < -0.4 is 0 Å². The molecule has 0 unspecified atom stereocenters. The molecule has 0 N–H and O–H groups in total. The summed E-state index contributed by atoms with van der Waals surface area (Å²) >= 11 is 2.37. The Kier molecular flexibility index (Phi) is 5.08. The molecule has 0 aromatic heterocycles. The van der Waals surface area contributed by atoms with Crippen LogP contribution in [0.1, 0.15) is 31.7 Å². The lowest BCUT2D eigenvalue weighted by atomic mass is 9.70. The molecule has 1 aromatic rings. The summed E-state index contributed by atoms with van der Waals surface area (Å²) in [6, 6.07) is 9.04. The van der Waals surface area contributed by atoms with E-state index in [1.165, 1.54) is 28.4 Å². The Bertz CT molecular complexity index is 332. The summed E-state index contributed by atoms with van der Waals surface area (Å²) in [7, 11) is 2.25. The van der Waals surface area contributed by atoms with Crippen molar-refractivity contribution in [2.75, 3.05) is 13.6 Å². The van der Waals surface area contributed by atoms with Crippen LogP contribution in [-0.2, 0) is 5.54 Å². The Labute approximate surface area is 118 Å². The molecule has 0 bridgehead atoms. The smallest absolute Gasteiger partial charge is 0.0457 e. The summed E-state index contributed by atoms with van der Waals surface area (Å²) in [4.78, 5) is 2.50. The quantitative estimate of drug-likeness (QED) is 0.743. The van der Waals surface area contributed by atoms with E-state index < -0.39 is 0 Å². The van der Waals surface area contributed by atoms with E-state index in [0.717, 1.165) is 6.54 Å². The minimum atomic E-state index is 0. The number of halogens is 2. The maximum atomic E-state index is 2.50. The van der Waals surface area contributed by atoms with Gasteiger partial charge in [-0.1, -0.05) is 19.1 Å². The van der Waals surface area contributed by atoms with Gasteiger partial charge < -0.3 is 0 Å². The van der Waals surface area contributed by atoms with Crippen molar-refractivity contribution in [2.24, 2.45) is 0 Å². The van der Waals surface area contributed by atoms with E-state index in [4.69, 9.17) is 0 Å². The fourth-order valence-electron chi connectivity index (χ4n) is 2.47. The van der Waals surface area contributed by atoms with Crippen molar-refractivity contribution in [3.05, 3.63) is 33.4 Å². The minimum Gasteiger partial charge on any atom is -0.297 e. The van der Waals surface area contributed by atoms with Gasteiger partial charge in [0.25, 0.3) is 0 Å². The van der Waals surface area contributed by atoms with Gasteiger partial charge in [0.2, 0.25) is 0 Å². The molecule has 1 aromatic carbocycles. The second-order valence-electron chi connectivity index (χ2n) is 4.41. The van der Waals surface area contributed by atoms with Crippen molar-refractivity contribution in [3.8, 4) is 0 Å². The molecule has 3 heteroatoms. The van der Waals surface area contributed by atoms with E-state index in [2.05, 4.69) is 65.7 Å². The van der Waals surface area contributed by atoms with Gasteiger partial charge >= 0.3 is 0 Å². The third-order valence-electron chi connectivity index (χ3n) is 3.77. The van der Waals surface area contributed by atoms with Gasteiger partial charge in [-0.25, -0.2) is 0 Å². The third kappa shape index (κ3) is 2.39. The zero-order chi connectivity index (χ0) is 10.9. The molecule has 1 aliphatic carbocycles. The molecule has 1 nitrogen and oxygen atoms in total. The largest absolute Gasteiger partial charge is 0.297 e. The second kappa shape index (κ2) is 5.69. The summed E-state index contributed by atoms with van der Waals surface area (Å²) in [6.45, 7) is 3.37. The second-order valence-corrected chi connectivity index (χ2v) is 5.65. The summed E-state index contributed by atoms with van der Waals surface area (Å²) in [6.07, 6.45) is 4.01. The molecule has 0 spiro atoms. The van der Waals surface area contributed by atoms with E-state index in [-0.39, 0.29) is 12.4 Å². The van der Waals surface area contributed by atoms with Crippen molar-refractivity contribution in [3.63, 3.8) is 0 Å². The van der Waals surface area contributed by atoms with Crippen molar-refractivity contribution in [1.29, 1.82) is 0 Å². The van der Waals surface area contributed by atoms with Crippen LogP contribution in [0.5, 0.6) is 0 Å². The fraction of sp³-hybridized carbons (Fsp3) is 0.538. The Morgan fingerprint density at radius 1 is 1.25 bits per heavy atom. The molecule has 0 amide bonds. The SMILES string of the molecule is CCN(C)C1(c2ccc(I)cc2)CCC1.Cl. The standard InChI is InChI=1S/C13H18IN.ClH/c1-3-15(2)13(9-4-10-13)11-5-7-12(14)8-6-11;/h5-8H,3-4,9-10H2,1-2H3;1H. The van der Waals surface area contributed by atoms with Crippen molar-refractivity contribution in [1.82, 2.24) is 4.90 Å². The molecule has 0 radical (unpaired) electrons. The molecule has 0 saturated heterocycles. The van der Waals surface area contributed by atoms with Gasteiger partial charge in [-0.15, -0.1) is 12.4 Å². The molecule has 0 atom stereocenters. The molecule has 0 aliphatic heterocycles. The molecule has 0 heterocycles. The number of nitrogens with zero attached hydrogens (tertiary/aromatic N) is 1. The summed E-state index contributed by atoms with van der Waals surface area (Å²) in [5, 5.41) is 0. The summed E-state index contributed by atoms with van der Waals surface area (Å²) in [5.74, 6) is 0. The number of rotatable bonds is 3. The van der Waals surface area contributed by atoms with Crippen molar-refractivity contribution in [2.45, 2.75) is 31.7 Å². The average molecular weight is 352 g/mol. The molecular weight excluding hydrogens is 333 g/mol. The van der Waals surface area contributed by atoms with E-state index in [0.29, 0.717) is 5.54 Å². The zero-order valence-corrected chi connectivity index (χ0v) is 12.8. The van der Waals surface area contributed by atoms with E-state index in [1.807, 2.05) is 0 Å². The first-order chi connectivity index (χ1) is 7.19. The zero-order valence-electron chi connectivity index (χ0n) is 9.87. The molecule has 90 valence electrons. The van der Waals surface area contributed by atoms with Crippen LogP contribution in [0.25, 0.3) is 0 Å². The predicted molar refractivity (Wildman–Crippen MR) is 80.2 cm³/mol. The number of hydrogen-bond donors (Lipinski definition) is 0. The first-order valence-corrected chi connectivity index (χ1v) is 6.74. The van der Waals surface area contributed by atoms with Crippen molar-refractivity contribution >= 4 is 35.0 Å². The van der Waals surface area contributed by atoms with E-state index in [9.17, 15) is 0 Å². The number of hydrogen-bond acceptors (Lipinski definition) is 1. The van der Waals surface area contributed by atoms with Gasteiger partial charge in [-0.3, -0.25) is 4.90 Å². The Hall–Kier alpha value is 0.200. The third-order valence-corrected chi connectivity index (χ3v) is 4.49. The molecular formula is C13H19ClIN. The molecule has 1 fully saturated rings. The maximum Gasteiger partial charge on any atom is 0.0457 e. The summed E-state index contributed by atoms with van der Waals surface area (Å²) in [5.41, 5.74) is 1.84. The highest BCUT2D eigenvalue weighted by molar-refractivity contribution is 14.1. The lowest BCUT2D eigenvalue weighted by molar-refractivity contribution is 0.0391. The lowest BCUT2D eigenvalue weighted by Gasteiger charge is -2.49. The van der Waals surface area contributed by atoms with Gasteiger partial charge in [0.1, 0.15) is 0 Å². The monoisotopic (exact) mass is 351 g/mol. The maximum absolute atomic E-state index is 2.50. The van der Waals surface area contributed by atoms with Gasteiger partial charge in [-0.05, 0) is 73.1 Å². The van der Waals surface area contributed by atoms with Gasteiger partial charge in [0.05, 0.1) is 0 Å². The predicted octanol–water partition coefficient (Wildman–Crippen LogP) is 4.04. The van der Waals surface area contributed by atoms with Crippen LogP contribution in [0, 0.1) is 3.57 Å². The summed E-state index contributed by atoms with van der Waals surface area (Å²) < 4.78 is 1.32. The Morgan fingerprint density at radius 2 is 1.81 bits per heavy atom. The van der Waals surface area contributed by atoms with Gasteiger partial charge in [-0.2, -0.15) is 0 Å². The van der Waals surface area contributed by atoms with Crippen LogP contribution in [0.4, 0.5) is 0 Å². The van der Waals surface area contributed by atoms with Crippen LogP contribution in [0.15, 0.2) is 24.3 Å². The van der Waals surface area contributed by atoms with Crippen LogP contribution in [0.3, 0.4) is 0 Å². The Morgan fingerprint density at radius 3 is 2.19 bits per heavy atom. The van der Waals surface area contributed by atoms with Crippen molar-refractivity contribution < 1.29 is 0 Å². The first-order valence-electron chi connectivity index (χ1n) is 5.66. The van der Waals surface area contributed by atoms with Gasteiger partial charge in [0, 0.05) is 9.11 Å². The van der Waals surface area contributed by atoms with Crippen LogP contribution in [0.2, 0.25) is 0 Å². The molecule has 1 aliphatic rings. The fourth-order valence-corrected chi connectivity index (χ4v) is 2.82. The van der Waals surface area contributed by atoms with Gasteiger partial charge in [0.15, 0.2) is 0 Å². The Balaban J connectivity index is 0.00000128. The molecule has 16 heavy (non-hydrogen) atoms. The molecule has 1 saturated carbocycles. The average Bonchev–Trinajstić information content (AvgIpc) is 2.19. The first kappa shape index (κ1) is 14.3. The minimum absolute atomic E-state index is 0.